The molecule has 0 unspecified atom stereocenters. The van der Waals surface area contributed by atoms with Crippen molar-refractivity contribution in [3.05, 3.63) is 28.2 Å². The van der Waals surface area contributed by atoms with E-state index in [4.69, 9.17) is 9.47 Å². The molecule has 4 nitrogen and oxygen atoms in total. The summed E-state index contributed by atoms with van der Waals surface area (Å²) in [5.41, 5.74) is 0.305. The summed E-state index contributed by atoms with van der Waals surface area (Å²) in [5, 5.41) is 0. The molecule has 1 amide bonds. The number of halogens is 3. The largest absolute Gasteiger partial charge is 0.493 e. The number of hydrogen-bond donors (Lipinski definition) is 0. The first-order chi connectivity index (χ1) is 12.5. The fraction of sp³-hybridized carbons (Fsp3) is 0.650. The predicted octanol–water partition coefficient (Wildman–Crippen LogP) is 5.81. The Kier molecular flexibility index (Phi) is 7.11. The molecule has 0 aliphatic carbocycles. The van der Waals surface area contributed by atoms with E-state index in [1.165, 1.54) is 0 Å². The molecule has 1 heterocycles. The van der Waals surface area contributed by atoms with Gasteiger partial charge in [-0.05, 0) is 59.1 Å². The molecule has 0 spiro atoms. The second kappa shape index (κ2) is 8.76. The minimum absolute atomic E-state index is 0.266. The van der Waals surface area contributed by atoms with Crippen LogP contribution in [0.2, 0.25) is 0 Å². The van der Waals surface area contributed by atoms with E-state index < -0.39 is 30.1 Å². The molecule has 1 aromatic rings. The maximum atomic E-state index is 14.5. The second-order valence-electron chi connectivity index (χ2n) is 8.00. The summed E-state index contributed by atoms with van der Waals surface area (Å²) in [6, 6.07) is 5.68. The molecular weight excluding hydrogens is 420 g/mol. The first-order valence-corrected chi connectivity index (χ1v) is 10.0. The topological polar surface area (TPSA) is 38.8 Å². The van der Waals surface area contributed by atoms with Crippen molar-refractivity contribution >= 4 is 22.0 Å². The lowest BCUT2D eigenvalue weighted by molar-refractivity contribution is -0.113. The molecule has 0 N–H and O–H groups in total. The van der Waals surface area contributed by atoms with Crippen LogP contribution in [0.15, 0.2) is 22.7 Å². The summed E-state index contributed by atoms with van der Waals surface area (Å²) in [6.07, 6.45) is 0.498. The first-order valence-electron chi connectivity index (χ1n) is 9.23. The number of carbonyl (C=O) groups is 1. The minimum Gasteiger partial charge on any atom is -0.493 e. The molecule has 2 rings (SSSR count). The van der Waals surface area contributed by atoms with Crippen molar-refractivity contribution in [2.45, 2.75) is 58.5 Å². The zero-order valence-electron chi connectivity index (χ0n) is 16.4. The van der Waals surface area contributed by atoms with Gasteiger partial charge in [0.25, 0.3) is 5.92 Å². The fourth-order valence-corrected chi connectivity index (χ4v) is 3.43. The van der Waals surface area contributed by atoms with Crippen molar-refractivity contribution in [2.24, 2.45) is 5.92 Å². The number of ether oxygens (including phenoxy) is 2. The number of likely N-dealkylation sites (tertiary alicyclic amines) is 1. The number of alkyl halides is 2. The number of piperidine rings is 1. The fourth-order valence-electron chi connectivity index (χ4n) is 3.08. The summed E-state index contributed by atoms with van der Waals surface area (Å²) in [6.45, 7) is 7.22. The van der Waals surface area contributed by atoms with Crippen LogP contribution in [0.1, 0.15) is 45.6 Å². The molecule has 7 heteroatoms. The van der Waals surface area contributed by atoms with Crippen LogP contribution in [-0.2, 0) is 4.74 Å². The summed E-state index contributed by atoms with van der Waals surface area (Å²) >= 11 is 3.45. The van der Waals surface area contributed by atoms with E-state index in [0.29, 0.717) is 26.0 Å². The third kappa shape index (κ3) is 6.33. The second-order valence-corrected chi connectivity index (χ2v) is 8.86. The minimum atomic E-state index is -2.92. The average molecular weight is 448 g/mol. The molecule has 0 radical (unpaired) electrons. The molecule has 0 aromatic heterocycles. The van der Waals surface area contributed by atoms with E-state index in [-0.39, 0.29) is 6.42 Å². The Balaban J connectivity index is 1.81. The van der Waals surface area contributed by atoms with Crippen LogP contribution < -0.4 is 4.74 Å². The predicted molar refractivity (Wildman–Crippen MR) is 104 cm³/mol. The Hall–Kier alpha value is -1.37. The van der Waals surface area contributed by atoms with Crippen molar-refractivity contribution in [1.82, 2.24) is 4.90 Å². The first kappa shape index (κ1) is 21.9. The normalized spacial score (nSPS) is 19.7. The lowest BCUT2D eigenvalue weighted by Crippen LogP contribution is -2.51. The van der Waals surface area contributed by atoms with Crippen molar-refractivity contribution in [2.75, 3.05) is 19.7 Å². The Morgan fingerprint density at radius 1 is 1.37 bits per heavy atom. The van der Waals surface area contributed by atoms with Gasteiger partial charge in [-0.25, -0.2) is 13.6 Å². The van der Waals surface area contributed by atoms with E-state index >= 15 is 0 Å². The van der Waals surface area contributed by atoms with Crippen LogP contribution in [0.25, 0.3) is 0 Å². The van der Waals surface area contributed by atoms with Gasteiger partial charge in [-0.15, -0.1) is 0 Å². The van der Waals surface area contributed by atoms with Gasteiger partial charge >= 0.3 is 6.09 Å². The molecule has 152 valence electrons. The van der Waals surface area contributed by atoms with Gasteiger partial charge in [0.05, 0.1) is 13.2 Å². The number of amides is 1. The number of nitrogens with zero attached hydrogens (tertiary/aromatic N) is 1. The van der Waals surface area contributed by atoms with Gasteiger partial charge in [-0.3, -0.25) is 0 Å². The van der Waals surface area contributed by atoms with E-state index in [2.05, 4.69) is 15.9 Å². The highest BCUT2D eigenvalue weighted by Gasteiger charge is 2.46. The average Bonchev–Trinajstić information content (AvgIpc) is 2.54. The number of carbonyl (C=O) groups excluding carboxylic acids is 1. The molecule has 0 bridgehead atoms. The number of benzene rings is 1. The monoisotopic (exact) mass is 447 g/mol. The van der Waals surface area contributed by atoms with Gasteiger partial charge in [0.15, 0.2) is 0 Å². The summed E-state index contributed by atoms with van der Waals surface area (Å²) in [7, 11) is 0. The molecular formula is C20H28BrF2NO3. The molecule has 1 aliphatic rings. The highest BCUT2D eigenvalue weighted by molar-refractivity contribution is 9.10. The SMILES string of the molecule is Cc1c(Br)cccc1OCCC[C@H]1CCN(C(=O)OC(C)(C)C)CC1(F)F. The molecule has 1 aliphatic heterocycles. The molecule has 1 aromatic carbocycles. The third-order valence-corrected chi connectivity index (χ3v) is 5.43. The zero-order chi connectivity index (χ0) is 20.2. The van der Waals surface area contributed by atoms with Gasteiger partial charge in [-0.1, -0.05) is 22.0 Å². The maximum Gasteiger partial charge on any atom is 0.410 e. The summed E-state index contributed by atoms with van der Waals surface area (Å²) < 4.78 is 40.9. The van der Waals surface area contributed by atoms with Crippen molar-refractivity contribution < 1.29 is 23.0 Å². The van der Waals surface area contributed by atoms with E-state index in [0.717, 1.165) is 20.7 Å². The van der Waals surface area contributed by atoms with Crippen molar-refractivity contribution in [3.8, 4) is 5.75 Å². The Bertz CT molecular complexity index is 661. The standard InChI is InChI=1S/C20H28BrF2NO3/c1-14-16(21)8-5-9-17(14)26-12-6-7-15-10-11-24(13-20(15,22)23)18(25)27-19(2,3)4/h5,8-9,15H,6-7,10-13H2,1-4H3/t15-/m0/s1. The Labute approximate surface area is 168 Å². The van der Waals surface area contributed by atoms with Gasteiger partial charge in [0, 0.05) is 22.5 Å². The van der Waals surface area contributed by atoms with Gasteiger partial charge < -0.3 is 14.4 Å². The number of rotatable bonds is 5. The lowest BCUT2D eigenvalue weighted by Gasteiger charge is -2.38. The maximum absolute atomic E-state index is 14.5. The summed E-state index contributed by atoms with van der Waals surface area (Å²) in [4.78, 5) is 13.1. The van der Waals surface area contributed by atoms with Crippen LogP contribution >= 0.6 is 15.9 Å². The quantitative estimate of drug-likeness (QED) is 0.534. The van der Waals surface area contributed by atoms with Gasteiger partial charge in [0.2, 0.25) is 0 Å². The zero-order valence-corrected chi connectivity index (χ0v) is 17.9. The molecule has 1 atom stereocenters. The highest BCUT2D eigenvalue weighted by atomic mass is 79.9. The Morgan fingerprint density at radius 3 is 2.70 bits per heavy atom. The molecule has 27 heavy (non-hydrogen) atoms. The lowest BCUT2D eigenvalue weighted by atomic mass is 9.89. The highest BCUT2D eigenvalue weighted by Crippen LogP contribution is 2.36. The van der Waals surface area contributed by atoms with Gasteiger partial charge in [-0.2, -0.15) is 0 Å². The van der Waals surface area contributed by atoms with E-state index in [9.17, 15) is 13.6 Å². The van der Waals surface area contributed by atoms with Crippen molar-refractivity contribution in [1.29, 1.82) is 0 Å². The summed E-state index contributed by atoms with van der Waals surface area (Å²) in [5.74, 6) is -2.90. The van der Waals surface area contributed by atoms with Crippen LogP contribution in [0.5, 0.6) is 5.75 Å². The third-order valence-electron chi connectivity index (χ3n) is 4.57. The van der Waals surface area contributed by atoms with Crippen LogP contribution in [0.4, 0.5) is 13.6 Å². The van der Waals surface area contributed by atoms with E-state index in [1.54, 1.807) is 20.8 Å². The molecule has 0 saturated carbocycles. The van der Waals surface area contributed by atoms with E-state index in [1.807, 2.05) is 25.1 Å². The van der Waals surface area contributed by atoms with Gasteiger partial charge in [0.1, 0.15) is 11.4 Å². The van der Waals surface area contributed by atoms with Crippen LogP contribution in [0.3, 0.4) is 0 Å². The number of hydrogen-bond acceptors (Lipinski definition) is 3. The van der Waals surface area contributed by atoms with Crippen LogP contribution in [0, 0.1) is 12.8 Å². The Morgan fingerprint density at radius 2 is 2.07 bits per heavy atom. The molecule has 1 saturated heterocycles. The molecule has 1 fully saturated rings. The smallest absolute Gasteiger partial charge is 0.410 e. The van der Waals surface area contributed by atoms with Crippen LogP contribution in [-0.4, -0.2) is 42.2 Å². The van der Waals surface area contributed by atoms with Crippen molar-refractivity contribution in [3.63, 3.8) is 0 Å².